The van der Waals surface area contributed by atoms with Crippen molar-refractivity contribution >= 4 is 23.4 Å². The maximum atomic E-state index is 11.0. The number of benzene rings is 2. The smallest absolute Gasteiger partial charge is 0.335 e. The molecule has 1 aliphatic heterocycles. The van der Waals surface area contributed by atoms with Crippen LogP contribution in [0.15, 0.2) is 53.4 Å². The number of nitrogens with one attached hydrogen (secondary N) is 1. The normalized spacial score (nSPS) is 16.9. The number of fused-ring (bicyclic) bond motifs is 1. The summed E-state index contributed by atoms with van der Waals surface area (Å²) < 4.78 is 0. The molecule has 0 aliphatic carbocycles. The number of carbonyl (C=O) groups is 1. The van der Waals surface area contributed by atoms with Crippen LogP contribution in [0.3, 0.4) is 0 Å². The zero-order valence-corrected chi connectivity index (χ0v) is 11.0. The highest BCUT2D eigenvalue weighted by Crippen LogP contribution is 2.39. The summed E-state index contributed by atoms with van der Waals surface area (Å²) in [4.78, 5) is 12.3. The predicted octanol–water partition coefficient (Wildman–Crippen LogP) is 3.64. The van der Waals surface area contributed by atoms with Crippen molar-refractivity contribution < 1.29 is 9.90 Å². The van der Waals surface area contributed by atoms with Gasteiger partial charge in [0.15, 0.2) is 0 Å². The number of carboxylic acids is 1. The molecule has 0 amide bonds. The Morgan fingerprint density at radius 2 is 2.05 bits per heavy atom. The third-order valence-electron chi connectivity index (χ3n) is 3.15. The number of thioether (sulfide) groups is 1. The highest BCUT2D eigenvalue weighted by atomic mass is 32.2. The highest BCUT2D eigenvalue weighted by molar-refractivity contribution is 7.99. The molecule has 1 atom stereocenters. The summed E-state index contributed by atoms with van der Waals surface area (Å²) in [6, 6.07) is 15.5. The Morgan fingerprint density at radius 3 is 2.89 bits per heavy atom. The first-order valence-corrected chi connectivity index (χ1v) is 7.04. The summed E-state index contributed by atoms with van der Waals surface area (Å²) in [6.07, 6.45) is 0. The summed E-state index contributed by atoms with van der Waals surface area (Å²) in [6.45, 7) is 0. The van der Waals surface area contributed by atoms with Crippen LogP contribution >= 0.6 is 11.8 Å². The van der Waals surface area contributed by atoms with Gasteiger partial charge in [-0.15, -0.1) is 11.8 Å². The quantitative estimate of drug-likeness (QED) is 0.894. The van der Waals surface area contributed by atoms with Crippen molar-refractivity contribution in [1.29, 1.82) is 0 Å². The van der Waals surface area contributed by atoms with E-state index in [4.69, 9.17) is 5.11 Å². The summed E-state index contributed by atoms with van der Waals surface area (Å²) in [7, 11) is 0. The number of hydrogen-bond acceptors (Lipinski definition) is 3. The van der Waals surface area contributed by atoms with E-state index in [1.54, 1.807) is 18.2 Å². The van der Waals surface area contributed by atoms with Crippen LogP contribution in [0.2, 0.25) is 0 Å². The number of carboxylic acid groups (broad SMARTS) is 1. The molecule has 0 saturated carbocycles. The van der Waals surface area contributed by atoms with Crippen molar-refractivity contribution in [3.63, 3.8) is 0 Å². The maximum absolute atomic E-state index is 11.0. The molecule has 2 N–H and O–H groups in total. The van der Waals surface area contributed by atoms with Crippen LogP contribution in [-0.2, 0) is 0 Å². The topological polar surface area (TPSA) is 49.3 Å². The molecule has 0 bridgehead atoms. The van der Waals surface area contributed by atoms with Gasteiger partial charge in [-0.2, -0.15) is 0 Å². The molecule has 2 aromatic rings. The molecular formula is C15H13NO2S. The van der Waals surface area contributed by atoms with E-state index < -0.39 is 5.97 Å². The molecule has 0 fully saturated rings. The monoisotopic (exact) mass is 271 g/mol. The Bertz CT molecular complexity index is 627. The van der Waals surface area contributed by atoms with E-state index in [0.29, 0.717) is 5.56 Å². The molecule has 96 valence electrons. The number of hydrogen-bond donors (Lipinski definition) is 2. The van der Waals surface area contributed by atoms with Crippen molar-refractivity contribution in [3.05, 3.63) is 59.7 Å². The molecule has 3 nitrogen and oxygen atoms in total. The Kier molecular flexibility index (Phi) is 3.17. The molecular weight excluding hydrogens is 258 g/mol. The second-order valence-corrected chi connectivity index (χ2v) is 5.49. The Hall–Kier alpha value is -1.94. The maximum Gasteiger partial charge on any atom is 0.335 e. The van der Waals surface area contributed by atoms with Crippen LogP contribution in [0.4, 0.5) is 5.69 Å². The van der Waals surface area contributed by atoms with Gasteiger partial charge in [-0.25, -0.2) is 4.79 Å². The molecule has 0 aromatic heterocycles. The van der Waals surface area contributed by atoms with E-state index in [1.165, 1.54) is 10.5 Å². The lowest BCUT2D eigenvalue weighted by atomic mass is 10.1. The molecule has 0 radical (unpaired) electrons. The van der Waals surface area contributed by atoms with Gasteiger partial charge in [0.05, 0.1) is 11.6 Å². The minimum atomic E-state index is -0.898. The van der Waals surface area contributed by atoms with Crippen molar-refractivity contribution in [1.82, 2.24) is 0 Å². The van der Waals surface area contributed by atoms with Gasteiger partial charge in [0.1, 0.15) is 0 Å². The first kappa shape index (κ1) is 12.1. The summed E-state index contributed by atoms with van der Waals surface area (Å²) in [5, 5.41) is 12.4. The minimum Gasteiger partial charge on any atom is -0.478 e. The van der Waals surface area contributed by atoms with Gasteiger partial charge in [0.2, 0.25) is 0 Å². The van der Waals surface area contributed by atoms with Gasteiger partial charge in [0, 0.05) is 16.3 Å². The lowest BCUT2D eigenvalue weighted by Gasteiger charge is -2.15. The zero-order valence-electron chi connectivity index (χ0n) is 10.2. The standard InChI is InChI=1S/C15H13NO2S/c17-15(18)10-4-3-5-11(8-10)16-13-9-19-14-7-2-1-6-12(13)14/h1-8,13,16H,9H2,(H,17,18). The highest BCUT2D eigenvalue weighted by Gasteiger charge is 2.22. The molecule has 1 heterocycles. The average molecular weight is 271 g/mol. The van der Waals surface area contributed by atoms with Crippen molar-refractivity contribution in [3.8, 4) is 0 Å². The first-order valence-electron chi connectivity index (χ1n) is 6.05. The molecule has 3 rings (SSSR count). The fourth-order valence-electron chi connectivity index (χ4n) is 2.23. The zero-order chi connectivity index (χ0) is 13.2. The molecule has 4 heteroatoms. The molecule has 1 unspecified atom stereocenters. The second kappa shape index (κ2) is 4.97. The Labute approximate surface area is 115 Å². The van der Waals surface area contributed by atoms with Crippen LogP contribution in [0.1, 0.15) is 22.0 Å². The van der Waals surface area contributed by atoms with Crippen molar-refractivity contribution in [2.75, 3.05) is 11.1 Å². The van der Waals surface area contributed by atoms with Gasteiger partial charge in [-0.05, 0) is 29.8 Å². The summed E-state index contributed by atoms with van der Waals surface area (Å²) in [5.74, 6) is 0.0706. The van der Waals surface area contributed by atoms with E-state index in [2.05, 4.69) is 17.4 Å². The molecule has 2 aromatic carbocycles. The Balaban J connectivity index is 1.83. The van der Waals surface area contributed by atoms with Gasteiger partial charge in [-0.1, -0.05) is 24.3 Å². The third kappa shape index (κ3) is 2.44. The number of aromatic carboxylic acids is 1. The van der Waals surface area contributed by atoms with E-state index >= 15 is 0 Å². The fraction of sp³-hybridized carbons (Fsp3) is 0.133. The molecule has 19 heavy (non-hydrogen) atoms. The largest absolute Gasteiger partial charge is 0.478 e. The molecule has 0 spiro atoms. The third-order valence-corrected chi connectivity index (χ3v) is 4.33. The average Bonchev–Trinajstić information content (AvgIpc) is 2.83. The first-order chi connectivity index (χ1) is 9.24. The van der Waals surface area contributed by atoms with E-state index in [9.17, 15) is 4.79 Å². The lowest BCUT2D eigenvalue weighted by Crippen LogP contribution is -2.10. The Morgan fingerprint density at radius 1 is 1.21 bits per heavy atom. The van der Waals surface area contributed by atoms with Gasteiger partial charge < -0.3 is 10.4 Å². The number of anilines is 1. The van der Waals surface area contributed by atoms with Crippen LogP contribution in [-0.4, -0.2) is 16.8 Å². The second-order valence-electron chi connectivity index (χ2n) is 4.43. The van der Waals surface area contributed by atoms with Crippen molar-refractivity contribution in [2.45, 2.75) is 10.9 Å². The molecule has 1 aliphatic rings. The van der Waals surface area contributed by atoms with E-state index in [-0.39, 0.29) is 6.04 Å². The van der Waals surface area contributed by atoms with Gasteiger partial charge >= 0.3 is 5.97 Å². The fourth-order valence-corrected chi connectivity index (χ4v) is 3.39. The van der Waals surface area contributed by atoms with E-state index in [1.807, 2.05) is 30.0 Å². The van der Waals surface area contributed by atoms with Gasteiger partial charge in [0.25, 0.3) is 0 Å². The van der Waals surface area contributed by atoms with Crippen molar-refractivity contribution in [2.24, 2.45) is 0 Å². The number of rotatable bonds is 3. The summed E-state index contributed by atoms with van der Waals surface area (Å²) >= 11 is 1.83. The van der Waals surface area contributed by atoms with Gasteiger partial charge in [-0.3, -0.25) is 0 Å². The SMILES string of the molecule is O=C(O)c1cccc(NC2CSc3ccccc32)c1. The van der Waals surface area contributed by atoms with Crippen LogP contribution in [0.5, 0.6) is 0 Å². The molecule has 0 saturated heterocycles. The minimum absolute atomic E-state index is 0.241. The van der Waals surface area contributed by atoms with Crippen LogP contribution in [0.25, 0.3) is 0 Å². The summed E-state index contributed by atoms with van der Waals surface area (Å²) in [5.41, 5.74) is 2.44. The van der Waals surface area contributed by atoms with E-state index in [0.717, 1.165) is 11.4 Å². The predicted molar refractivity (Wildman–Crippen MR) is 76.9 cm³/mol. The van der Waals surface area contributed by atoms with Crippen LogP contribution < -0.4 is 5.32 Å². The van der Waals surface area contributed by atoms with Crippen LogP contribution in [0, 0.1) is 0 Å². The lowest BCUT2D eigenvalue weighted by molar-refractivity contribution is 0.0697.